The molecule has 1 aliphatic heterocycles. The lowest BCUT2D eigenvalue weighted by molar-refractivity contribution is -0.145. The Kier molecular flexibility index (Phi) is 6.55. The number of aromatic amines is 1. The first kappa shape index (κ1) is 26.3. The van der Waals surface area contributed by atoms with Crippen molar-refractivity contribution >= 4 is 24.7 Å². The van der Waals surface area contributed by atoms with Gasteiger partial charge in [0.2, 0.25) is 0 Å². The molecule has 2 aliphatic rings. The molecule has 38 heavy (non-hydrogen) atoms. The van der Waals surface area contributed by atoms with Gasteiger partial charge in [-0.15, -0.1) is 0 Å². The van der Waals surface area contributed by atoms with Gasteiger partial charge in [0.05, 0.1) is 11.5 Å². The van der Waals surface area contributed by atoms with E-state index < -0.39 is 55.5 Å². The van der Waals surface area contributed by atoms with E-state index in [0.29, 0.717) is 0 Å². The summed E-state index contributed by atoms with van der Waals surface area (Å²) < 4.78 is 20.0. The number of H-pyrrole nitrogens is 1. The summed E-state index contributed by atoms with van der Waals surface area (Å²) in [5, 5.41) is 13.4. The number of aliphatic hydroxyl groups is 1. The van der Waals surface area contributed by atoms with Gasteiger partial charge in [-0.25, -0.2) is 4.79 Å². The normalized spacial score (nSPS) is 26.6. The smallest absolute Gasteiger partial charge is 0.330 e. The van der Waals surface area contributed by atoms with Gasteiger partial charge in [-0.2, -0.15) is 0 Å². The Hall–Kier alpha value is -3.31. The molecule has 1 aromatic heterocycles. The lowest BCUT2D eigenvalue weighted by atomic mass is 9.99. The maximum atomic E-state index is 12.5. The second-order valence-electron chi connectivity index (χ2n) is 11.0. The number of carbonyl (C=O) groups is 1. The number of nitrogens with one attached hydrogen (secondary N) is 1. The zero-order valence-corrected chi connectivity index (χ0v) is 22.8. The van der Waals surface area contributed by atoms with Crippen molar-refractivity contribution in [1.29, 1.82) is 0 Å². The van der Waals surface area contributed by atoms with Gasteiger partial charge in [-0.1, -0.05) is 81.4 Å². The number of hydrogen-bond donors (Lipinski definition) is 2. The molecule has 200 valence electrons. The molecule has 10 heteroatoms. The number of ether oxygens (including phenoxy) is 2. The minimum absolute atomic E-state index is 0.133. The van der Waals surface area contributed by atoms with Crippen molar-refractivity contribution in [3.63, 3.8) is 0 Å². The standard InChI is InChI=1S/C28H32N2O7Si/c1-18(31)35-17-28-22(33)25(30-16-15-21(32)29-26(30)34)36-23(28)24(28)37-38(27(2,3)4,19-11-7-5-8-12-19)20-13-9-6-10-14-20/h5-16,22-25,33H,17H2,1-4H3,(H,29,32,34)/t22-,23-,24?,25-,28-/m1/s1. The van der Waals surface area contributed by atoms with Gasteiger partial charge in [-0.3, -0.25) is 19.1 Å². The van der Waals surface area contributed by atoms with Crippen molar-refractivity contribution < 1.29 is 23.8 Å². The highest BCUT2D eigenvalue weighted by Gasteiger charge is 2.80. The van der Waals surface area contributed by atoms with Crippen LogP contribution in [0.1, 0.15) is 33.9 Å². The van der Waals surface area contributed by atoms with E-state index in [2.05, 4.69) is 50.0 Å². The zero-order chi connectivity index (χ0) is 27.3. The van der Waals surface area contributed by atoms with Gasteiger partial charge in [-0.05, 0) is 15.4 Å². The molecular formula is C28H32N2O7Si. The molecule has 5 rings (SSSR count). The number of esters is 1. The predicted octanol–water partition coefficient (Wildman–Crippen LogP) is 1.30. The summed E-state index contributed by atoms with van der Waals surface area (Å²) in [7, 11) is -3.02. The van der Waals surface area contributed by atoms with Gasteiger partial charge >= 0.3 is 11.7 Å². The van der Waals surface area contributed by atoms with Crippen molar-refractivity contribution in [2.45, 2.75) is 57.3 Å². The maximum absolute atomic E-state index is 12.5. The first-order valence-corrected chi connectivity index (χ1v) is 14.5. The number of rotatable bonds is 7. The number of aliphatic hydroxyl groups excluding tert-OH is 1. The lowest BCUT2D eigenvalue weighted by Gasteiger charge is -2.44. The van der Waals surface area contributed by atoms with Crippen LogP contribution in [0.15, 0.2) is 82.5 Å². The summed E-state index contributed by atoms with van der Waals surface area (Å²) in [6.07, 6.45) is -2.25. The predicted molar refractivity (Wildman–Crippen MR) is 143 cm³/mol. The van der Waals surface area contributed by atoms with E-state index in [1.165, 1.54) is 19.2 Å². The van der Waals surface area contributed by atoms with E-state index in [1.54, 1.807) is 0 Å². The van der Waals surface area contributed by atoms with Gasteiger partial charge in [0.25, 0.3) is 13.9 Å². The second-order valence-corrected chi connectivity index (χ2v) is 15.3. The van der Waals surface area contributed by atoms with Crippen molar-refractivity contribution in [2.24, 2.45) is 5.41 Å². The van der Waals surface area contributed by atoms with Gasteiger partial charge in [0, 0.05) is 19.2 Å². The van der Waals surface area contributed by atoms with Crippen LogP contribution in [-0.2, 0) is 18.7 Å². The summed E-state index contributed by atoms with van der Waals surface area (Å²) in [5.41, 5.74) is -2.33. The van der Waals surface area contributed by atoms with Crippen LogP contribution in [0.5, 0.6) is 0 Å². The monoisotopic (exact) mass is 536 g/mol. The fourth-order valence-corrected chi connectivity index (χ4v) is 10.5. The van der Waals surface area contributed by atoms with E-state index in [4.69, 9.17) is 13.9 Å². The van der Waals surface area contributed by atoms with E-state index >= 15 is 0 Å². The highest BCUT2D eigenvalue weighted by atomic mass is 28.4. The number of nitrogens with zero attached hydrogens (tertiary/aromatic N) is 1. The van der Waals surface area contributed by atoms with Crippen LogP contribution in [0.2, 0.25) is 5.04 Å². The average Bonchev–Trinajstić information content (AvgIpc) is 3.38. The van der Waals surface area contributed by atoms with Gasteiger partial charge in [0.1, 0.15) is 18.8 Å². The number of carbonyl (C=O) groups excluding carboxylic acids is 1. The topological polar surface area (TPSA) is 120 Å². The lowest BCUT2D eigenvalue weighted by Crippen LogP contribution is -2.67. The van der Waals surface area contributed by atoms with Crippen LogP contribution in [-0.4, -0.2) is 53.9 Å². The van der Waals surface area contributed by atoms with Gasteiger partial charge < -0.3 is 19.0 Å². The third-order valence-electron chi connectivity index (χ3n) is 7.70. The first-order valence-electron chi connectivity index (χ1n) is 12.6. The van der Waals surface area contributed by atoms with Gasteiger partial charge in [0.15, 0.2) is 6.23 Å². The Morgan fingerprint density at radius 2 is 1.63 bits per heavy atom. The Morgan fingerprint density at radius 1 is 1.05 bits per heavy atom. The van der Waals surface area contributed by atoms with Crippen LogP contribution in [0, 0.1) is 5.41 Å². The van der Waals surface area contributed by atoms with E-state index in [-0.39, 0.29) is 11.6 Å². The fourth-order valence-electron chi connectivity index (χ4n) is 5.79. The van der Waals surface area contributed by atoms with E-state index in [1.807, 2.05) is 36.4 Å². The van der Waals surface area contributed by atoms with Crippen molar-refractivity contribution in [1.82, 2.24) is 9.55 Å². The third kappa shape index (κ3) is 4.08. The Bertz CT molecular complexity index is 1390. The molecule has 1 saturated carbocycles. The maximum Gasteiger partial charge on any atom is 0.330 e. The molecule has 2 fully saturated rings. The van der Waals surface area contributed by atoms with Crippen LogP contribution in [0.3, 0.4) is 0 Å². The molecule has 0 bridgehead atoms. The van der Waals surface area contributed by atoms with Crippen molar-refractivity contribution in [2.75, 3.05) is 6.61 Å². The molecule has 1 saturated heterocycles. The Balaban J connectivity index is 1.59. The highest BCUT2D eigenvalue weighted by molar-refractivity contribution is 6.99. The quantitative estimate of drug-likeness (QED) is 0.345. The molecule has 0 radical (unpaired) electrons. The first-order chi connectivity index (χ1) is 18.0. The number of benzene rings is 2. The summed E-state index contributed by atoms with van der Waals surface area (Å²) in [6, 6.07) is 21.3. The summed E-state index contributed by atoms with van der Waals surface area (Å²) in [5.74, 6) is -0.494. The molecule has 1 aliphatic carbocycles. The Morgan fingerprint density at radius 3 is 2.13 bits per heavy atom. The number of aromatic nitrogens is 2. The largest absolute Gasteiger partial charge is 0.465 e. The van der Waals surface area contributed by atoms with E-state index in [0.717, 1.165) is 14.9 Å². The molecule has 0 spiro atoms. The molecule has 2 heterocycles. The number of fused-ring (bicyclic) bond motifs is 1. The molecule has 2 aromatic carbocycles. The molecular weight excluding hydrogens is 504 g/mol. The molecule has 2 N–H and O–H groups in total. The molecule has 1 unspecified atom stereocenters. The molecule has 5 atom stereocenters. The zero-order valence-electron chi connectivity index (χ0n) is 21.8. The minimum atomic E-state index is -3.02. The van der Waals surface area contributed by atoms with Crippen LogP contribution in [0.25, 0.3) is 0 Å². The summed E-state index contributed by atoms with van der Waals surface area (Å²) in [6.45, 7) is 7.62. The third-order valence-corrected chi connectivity index (χ3v) is 12.7. The van der Waals surface area contributed by atoms with Crippen molar-refractivity contribution in [3.05, 3.63) is 93.8 Å². The molecule has 3 aromatic rings. The minimum Gasteiger partial charge on any atom is -0.465 e. The highest BCUT2D eigenvalue weighted by Crippen LogP contribution is 2.63. The second kappa shape index (κ2) is 9.46. The average molecular weight is 537 g/mol. The van der Waals surface area contributed by atoms with Crippen LogP contribution < -0.4 is 21.6 Å². The van der Waals surface area contributed by atoms with Crippen molar-refractivity contribution in [3.8, 4) is 0 Å². The van der Waals surface area contributed by atoms with E-state index in [9.17, 15) is 19.5 Å². The summed E-state index contributed by atoms with van der Waals surface area (Å²) >= 11 is 0. The SMILES string of the molecule is CC(=O)OC[C@]12C(O[Si](c3ccccc3)(c3ccccc3)C(C)(C)C)[C@H]1O[C@@H](n1ccc(=O)[nH]c1=O)[C@H]2O. The van der Waals surface area contributed by atoms with Crippen LogP contribution in [0.4, 0.5) is 0 Å². The Labute approximate surface area is 221 Å². The molecule has 0 amide bonds. The van der Waals surface area contributed by atoms with Crippen LogP contribution >= 0.6 is 0 Å². The fraction of sp³-hybridized carbons (Fsp3) is 0.393. The number of hydrogen-bond acceptors (Lipinski definition) is 7. The summed E-state index contributed by atoms with van der Waals surface area (Å²) in [4.78, 5) is 38.1. The molecule has 9 nitrogen and oxygen atoms in total.